The lowest BCUT2D eigenvalue weighted by molar-refractivity contribution is -0.114. The number of nitrogens with one attached hydrogen (secondary N) is 3. The molecule has 0 saturated heterocycles. The molecule has 5 N–H and O–H groups in total. The van der Waals surface area contributed by atoms with Gasteiger partial charge >= 0.3 is 6.61 Å². The number of ether oxygens (including phenoxy) is 1. The van der Waals surface area contributed by atoms with Gasteiger partial charge in [-0.1, -0.05) is 0 Å². The van der Waals surface area contributed by atoms with Gasteiger partial charge in [-0.05, 0) is 54.1 Å². The van der Waals surface area contributed by atoms with Crippen molar-refractivity contribution < 1.29 is 23.1 Å². The maximum atomic E-state index is 12.7. The van der Waals surface area contributed by atoms with E-state index in [2.05, 4.69) is 30.7 Å². The highest BCUT2D eigenvalue weighted by molar-refractivity contribution is 6.07. The smallest absolute Gasteiger partial charge is 0.387 e. The number of hydrogen-bond acceptors (Lipinski definition) is 7. The first-order chi connectivity index (χ1) is 15.4. The van der Waals surface area contributed by atoms with Gasteiger partial charge in [0.1, 0.15) is 17.4 Å². The highest BCUT2D eigenvalue weighted by atomic mass is 19.3. The van der Waals surface area contributed by atoms with Crippen LogP contribution in [0.5, 0.6) is 5.75 Å². The van der Waals surface area contributed by atoms with E-state index in [1.807, 2.05) is 0 Å². The Hall–Kier alpha value is -4.12. The van der Waals surface area contributed by atoms with Crippen molar-refractivity contribution in [1.29, 1.82) is 0 Å². The van der Waals surface area contributed by atoms with Crippen molar-refractivity contribution in [1.82, 2.24) is 9.97 Å². The third-order valence-electron chi connectivity index (χ3n) is 4.13. The third-order valence-corrected chi connectivity index (χ3v) is 4.13. The van der Waals surface area contributed by atoms with Crippen molar-refractivity contribution in [3.05, 3.63) is 72.1 Å². The van der Waals surface area contributed by atoms with Crippen molar-refractivity contribution >= 4 is 29.1 Å². The standard InChI is InChI=1S/C21H20F2N6O3/c22-21(23)32-15-5-3-14(4-6-15)28-20(31)16-2-1-8-26-19(16)27-12-13-7-9-25-17(10-13)29-18(30)11-24/h1-10,21H,11-12,24H2,(H,26,27)(H,28,31)(H,25,29,30). The number of nitrogens with two attached hydrogens (primary N) is 1. The molecule has 2 aromatic heterocycles. The zero-order chi connectivity index (χ0) is 22.9. The summed E-state index contributed by atoms with van der Waals surface area (Å²) in [7, 11) is 0. The minimum absolute atomic E-state index is 0.0129. The number of hydrogen-bond donors (Lipinski definition) is 4. The van der Waals surface area contributed by atoms with E-state index in [1.165, 1.54) is 36.7 Å². The van der Waals surface area contributed by atoms with Crippen molar-refractivity contribution in [3.63, 3.8) is 0 Å². The second kappa shape index (κ2) is 10.8. The Morgan fingerprint density at radius 3 is 2.53 bits per heavy atom. The van der Waals surface area contributed by atoms with Crippen LogP contribution in [-0.2, 0) is 11.3 Å². The van der Waals surface area contributed by atoms with E-state index < -0.39 is 12.5 Å². The van der Waals surface area contributed by atoms with Crippen LogP contribution in [0.2, 0.25) is 0 Å². The topological polar surface area (TPSA) is 131 Å². The number of rotatable bonds is 9. The van der Waals surface area contributed by atoms with Crippen LogP contribution in [0.4, 0.5) is 26.1 Å². The number of pyridine rings is 2. The van der Waals surface area contributed by atoms with Gasteiger partial charge < -0.3 is 26.4 Å². The maximum Gasteiger partial charge on any atom is 0.387 e. The average molecular weight is 442 g/mol. The summed E-state index contributed by atoms with van der Waals surface area (Å²) in [6.45, 7) is -2.77. The molecule has 2 amide bonds. The number of benzene rings is 1. The van der Waals surface area contributed by atoms with Gasteiger partial charge in [0, 0.05) is 24.6 Å². The first kappa shape index (κ1) is 22.6. The van der Waals surface area contributed by atoms with E-state index in [9.17, 15) is 18.4 Å². The molecule has 32 heavy (non-hydrogen) atoms. The van der Waals surface area contributed by atoms with Crippen LogP contribution >= 0.6 is 0 Å². The second-order valence-electron chi connectivity index (χ2n) is 6.41. The summed E-state index contributed by atoms with van der Waals surface area (Å²) in [5, 5.41) is 8.33. The van der Waals surface area contributed by atoms with Gasteiger partial charge in [-0.15, -0.1) is 0 Å². The summed E-state index contributed by atoms with van der Waals surface area (Å²) in [4.78, 5) is 32.4. The highest BCUT2D eigenvalue weighted by Crippen LogP contribution is 2.20. The highest BCUT2D eigenvalue weighted by Gasteiger charge is 2.13. The lowest BCUT2D eigenvalue weighted by Crippen LogP contribution is -2.22. The van der Waals surface area contributed by atoms with Gasteiger partial charge in [0.25, 0.3) is 5.91 Å². The van der Waals surface area contributed by atoms with Crippen LogP contribution in [0.1, 0.15) is 15.9 Å². The Morgan fingerprint density at radius 1 is 1.03 bits per heavy atom. The number of carbonyl (C=O) groups excluding carboxylic acids is 2. The number of amides is 2. The molecule has 0 bridgehead atoms. The van der Waals surface area contributed by atoms with Crippen LogP contribution in [0, 0.1) is 0 Å². The minimum Gasteiger partial charge on any atom is -0.435 e. The number of carbonyl (C=O) groups is 2. The molecule has 0 saturated carbocycles. The summed E-state index contributed by atoms with van der Waals surface area (Å²) >= 11 is 0. The molecule has 166 valence electrons. The molecule has 0 radical (unpaired) electrons. The zero-order valence-electron chi connectivity index (χ0n) is 16.7. The summed E-state index contributed by atoms with van der Waals surface area (Å²) in [5.74, 6) is -0.111. The second-order valence-corrected chi connectivity index (χ2v) is 6.41. The van der Waals surface area contributed by atoms with Gasteiger partial charge in [0.2, 0.25) is 5.91 Å². The maximum absolute atomic E-state index is 12.7. The minimum atomic E-state index is -2.92. The van der Waals surface area contributed by atoms with Crippen LogP contribution in [-0.4, -0.2) is 34.9 Å². The predicted molar refractivity (Wildman–Crippen MR) is 115 cm³/mol. The molecule has 1 aromatic carbocycles. The largest absolute Gasteiger partial charge is 0.435 e. The van der Waals surface area contributed by atoms with Gasteiger partial charge in [0.15, 0.2) is 0 Å². The number of halogens is 2. The molecule has 0 atom stereocenters. The SMILES string of the molecule is NCC(=O)Nc1cc(CNc2ncccc2C(=O)Nc2ccc(OC(F)F)cc2)ccn1. The van der Waals surface area contributed by atoms with Crippen molar-refractivity contribution in [2.24, 2.45) is 5.73 Å². The molecule has 11 heteroatoms. The molecule has 3 aromatic rings. The first-order valence-corrected chi connectivity index (χ1v) is 9.44. The number of nitrogens with zero attached hydrogens (tertiary/aromatic N) is 2. The Bertz CT molecular complexity index is 1080. The Morgan fingerprint density at radius 2 is 1.81 bits per heavy atom. The molecule has 0 aliphatic rings. The van der Waals surface area contributed by atoms with Crippen LogP contribution < -0.4 is 26.4 Å². The normalized spacial score (nSPS) is 10.5. The summed E-state index contributed by atoms with van der Waals surface area (Å²) < 4.78 is 28.8. The van der Waals surface area contributed by atoms with Crippen molar-refractivity contribution in [2.75, 3.05) is 22.5 Å². The molecule has 9 nitrogen and oxygen atoms in total. The number of aromatic nitrogens is 2. The summed E-state index contributed by atoms with van der Waals surface area (Å²) in [6.07, 6.45) is 3.08. The van der Waals surface area contributed by atoms with Crippen LogP contribution in [0.3, 0.4) is 0 Å². The quantitative estimate of drug-likeness (QED) is 0.401. The van der Waals surface area contributed by atoms with E-state index in [4.69, 9.17) is 5.73 Å². The molecule has 0 unspecified atom stereocenters. The molecular formula is C21H20F2N6O3. The van der Waals surface area contributed by atoms with E-state index in [0.717, 1.165) is 5.56 Å². The zero-order valence-corrected chi connectivity index (χ0v) is 16.7. The van der Waals surface area contributed by atoms with Gasteiger partial charge in [-0.3, -0.25) is 9.59 Å². The van der Waals surface area contributed by atoms with Gasteiger partial charge in [-0.2, -0.15) is 8.78 Å². The average Bonchev–Trinajstić information content (AvgIpc) is 2.79. The van der Waals surface area contributed by atoms with Gasteiger partial charge in [0.05, 0.1) is 12.1 Å². The molecule has 3 rings (SSSR count). The molecule has 0 fully saturated rings. The number of alkyl halides is 2. The molecule has 0 aliphatic carbocycles. The third kappa shape index (κ3) is 6.44. The lowest BCUT2D eigenvalue weighted by Gasteiger charge is -2.12. The van der Waals surface area contributed by atoms with E-state index >= 15 is 0 Å². The number of anilines is 3. The Kier molecular flexibility index (Phi) is 7.60. The van der Waals surface area contributed by atoms with Crippen molar-refractivity contribution in [2.45, 2.75) is 13.2 Å². The monoisotopic (exact) mass is 442 g/mol. The van der Waals surface area contributed by atoms with Crippen LogP contribution in [0.25, 0.3) is 0 Å². The predicted octanol–water partition coefficient (Wildman–Crippen LogP) is 2.84. The fraction of sp³-hybridized carbons (Fsp3) is 0.143. The van der Waals surface area contributed by atoms with E-state index in [1.54, 1.807) is 24.3 Å². The van der Waals surface area contributed by atoms with E-state index in [0.29, 0.717) is 23.9 Å². The fourth-order valence-corrected chi connectivity index (χ4v) is 2.68. The van der Waals surface area contributed by atoms with Crippen LogP contribution in [0.15, 0.2) is 60.9 Å². The Labute approximate surface area is 182 Å². The summed E-state index contributed by atoms with van der Waals surface area (Å²) in [5.41, 5.74) is 6.76. The summed E-state index contributed by atoms with van der Waals surface area (Å²) in [6, 6.07) is 12.2. The lowest BCUT2D eigenvalue weighted by atomic mass is 10.2. The fourth-order valence-electron chi connectivity index (χ4n) is 2.68. The molecular weight excluding hydrogens is 422 g/mol. The van der Waals surface area contributed by atoms with E-state index in [-0.39, 0.29) is 23.8 Å². The molecule has 0 spiro atoms. The Balaban J connectivity index is 1.66. The molecule has 2 heterocycles. The first-order valence-electron chi connectivity index (χ1n) is 9.44. The van der Waals surface area contributed by atoms with Crippen molar-refractivity contribution in [3.8, 4) is 5.75 Å². The molecule has 0 aliphatic heterocycles. The van der Waals surface area contributed by atoms with Gasteiger partial charge in [-0.25, -0.2) is 9.97 Å².